The molecule has 4 aliphatic rings. The molecule has 6 rings (SSSR count). The van der Waals surface area contributed by atoms with Gasteiger partial charge in [0.05, 0.1) is 23.1 Å². The Kier molecular flexibility index (Phi) is 6.02. The van der Waals surface area contributed by atoms with Crippen molar-refractivity contribution in [1.29, 1.82) is 0 Å². The van der Waals surface area contributed by atoms with Crippen molar-refractivity contribution in [3.63, 3.8) is 0 Å². The van der Waals surface area contributed by atoms with Crippen molar-refractivity contribution >= 4 is 38.9 Å². The Morgan fingerprint density at radius 1 is 1.14 bits per heavy atom. The standard InChI is InChI=1S/C26H35BrN6O3/c1-25(2,3)36-24(34)33-18-6-7-19(33)15-31(14-18)22-21-20(12-17(27)13-28-21)29-23(30-22)35-16-26-8-4-10-32(26)11-5-9-26/h12-13,18-19H,4-11,14-16H2,1-3H3/t18-,19+. The highest BCUT2D eigenvalue weighted by molar-refractivity contribution is 9.10. The first-order valence-electron chi connectivity index (χ1n) is 13.2. The van der Waals surface area contributed by atoms with E-state index in [2.05, 4.69) is 30.7 Å². The van der Waals surface area contributed by atoms with Gasteiger partial charge in [-0.25, -0.2) is 9.78 Å². The van der Waals surface area contributed by atoms with Crippen LogP contribution in [0.4, 0.5) is 10.6 Å². The van der Waals surface area contributed by atoms with Gasteiger partial charge < -0.3 is 14.4 Å². The van der Waals surface area contributed by atoms with Gasteiger partial charge >= 0.3 is 12.1 Å². The second-order valence-electron chi connectivity index (χ2n) is 11.7. The lowest BCUT2D eigenvalue weighted by Crippen LogP contribution is -2.57. The zero-order valence-corrected chi connectivity index (χ0v) is 23.0. The van der Waals surface area contributed by atoms with Gasteiger partial charge in [-0.1, -0.05) is 0 Å². The molecule has 2 aromatic heterocycles. The zero-order valence-electron chi connectivity index (χ0n) is 21.4. The minimum Gasteiger partial charge on any atom is -0.461 e. The largest absolute Gasteiger partial charge is 0.461 e. The molecule has 6 heterocycles. The van der Waals surface area contributed by atoms with Crippen molar-refractivity contribution < 1.29 is 14.3 Å². The van der Waals surface area contributed by atoms with Crippen LogP contribution < -0.4 is 9.64 Å². The van der Waals surface area contributed by atoms with E-state index in [9.17, 15) is 4.79 Å². The van der Waals surface area contributed by atoms with Gasteiger partial charge in [0, 0.05) is 23.8 Å². The third kappa shape index (κ3) is 4.40. The maximum absolute atomic E-state index is 12.9. The van der Waals surface area contributed by atoms with Crippen molar-refractivity contribution in [3.8, 4) is 6.01 Å². The summed E-state index contributed by atoms with van der Waals surface area (Å²) in [5.41, 5.74) is 1.15. The third-order valence-electron chi connectivity index (χ3n) is 8.13. The fourth-order valence-electron chi connectivity index (χ4n) is 6.59. The normalized spacial score (nSPS) is 25.4. The van der Waals surface area contributed by atoms with Gasteiger partial charge in [-0.3, -0.25) is 9.80 Å². The van der Waals surface area contributed by atoms with Crippen LogP contribution in [-0.2, 0) is 4.74 Å². The van der Waals surface area contributed by atoms with E-state index >= 15 is 0 Å². The van der Waals surface area contributed by atoms with Crippen molar-refractivity contribution in [2.24, 2.45) is 0 Å². The molecule has 0 aliphatic carbocycles. The molecule has 1 amide bonds. The number of anilines is 1. The number of aromatic nitrogens is 3. The fraction of sp³-hybridized carbons (Fsp3) is 0.692. The van der Waals surface area contributed by atoms with Gasteiger partial charge in [0.25, 0.3) is 0 Å². The summed E-state index contributed by atoms with van der Waals surface area (Å²) in [6.45, 7) is 10.1. The summed E-state index contributed by atoms with van der Waals surface area (Å²) in [7, 11) is 0. The first-order chi connectivity index (χ1) is 17.2. The second kappa shape index (κ2) is 8.97. The second-order valence-corrected chi connectivity index (χ2v) is 12.7. The lowest BCUT2D eigenvalue weighted by Gasteiger charge is -2.41. The molecule has 10 heteroatoms. The SMILES string of the molecule is CC(C)(C)OC(=O)N1[C@@H]2CC[C@H]1CN(c1nc(OCC34CCCN3CCC4)nc3cc(Br)cnc13)C2. The molecule has 0 saturated carbocycles. The summed E-state index contributed by atoms with van der Waals surface area (Å²) >= 11 is 3.54. The monoisotopic (exact) mass is 558 g/mol. The van der Waals surface area contributed by atoms with Crippen LogP contribution in [0.1, 0.15) is 59.3 Å². The molecule has 2 atom stereocenters. The van der Waals surface area contributed by atoms with E-state index in [1.54, 1.807) is 6.20 Å². The van der Waals surface area contributed by atoms with Crippen LogP contribution in [0.25, 0.3) is 11.0 Å². The molecule has 0 N–H and O–H groups in total. The van der Waals surface area contributed by atoms with Gasteiger partial charge in [-0.2, -0.15) is 9.97 Å². The van der Waals surface area contributed by atoms with Gasteiger partial charge in [-0.05, 0) is 94.4 Å². The van der Waals surface area contributed by atoms with Crippen molar-refractivity contribution in [2.75, 3.05) is 37.7 Å². The fourth-order valence-corrected chi connectivity index (χ4v) is 6.91. The molecular weight excluding hydrogens is 524 g/mol. The molecule has 4 aliphatic heterocycles. The smallest absolute Gasteiger partial charge is 0.410 e. The van der Waals surface area contributed by atoms with Crippen LogP contribution in [0.15, 0.2) is 16.7 Å². The van der Waals surface area contributed by atoms with Crippen molar-refractivity contribution in [3.05, 3.63) is 16.7 Å². The van der Waals surface area contributed by atoms with Crippen LogP contribution in [0, 0.1) is 0 Å². The predicted molar refractivity (Wildman–Crippen MR) is 140 cm³/mol. The lowest BCUT2D eigenvalue weighted by molar-refractivity contribution is 0.0122. The van der Waals surface area contributed by atoms with E-state index in [0.717, 1.165) is 47.3 Å². The van der Waals surface area contributed by atoms with Crippen LogP contribution in [-0.4, -0.2) is 86.9 Å². The number of fused-ring (bicyclic) bond motifs is 4. The number of halogens is 1. The number of carbonyl (C=O) groups excluding carboxylic acids is 1. The Labute approximate surface area is 220 Å². The third-order valence-corrected chi connectivity index (χ3v) is 8.56. The van der Waals surface area contributed by atoms with E-state index in [0.29, 0.717) is 25.7 Å². The number of nitrogens with zero attached hydrogens (tertiary/aromatic N) is 6. The van der Waals surface area contributed by atoms with E-state index in [1.165, 1.54) is 25.7 Å². The number of pyridine rings is 1. The molecule has 4 fully saturated rings. The lowest BCUT2D eigenvalue weighted by atomic mass is 9.95. The number of hydrogen-bond donors (Lipinski definition) is 0. The molecule has 9 nitrogen and oxygen atoms in total. The number of hydrogen-bond acceptors (Lipinski definition) is 8. The summed E-state index contributed by atoms with van der Waals surface area (Å²) in [5, 5.41) is 0. The Morgan fingerprint density at radius 3 is 2.50 bits per heavy atom. The highest BCUT2D eigenvalue weighted by Crippen LogP contribution is 2.40. The molecule has 4 saturated heterocycles. The molecule has 0 aromatic carbocycles. The maximum atomic E-state index is 12.9. The zero-order chi connectivity index (χ0) is 25.1. The molecule has 0 radical (unpaired) electrons. The predicted octanol–water partition coefficient (Wildman–Crippen LogP) is 4.38. The number of piperazine rings is 1. The average Bonchev–Trinajstić information content (AvgIpc) is 3.46. The molecule has 2 bridgehead atoms. The Morgan fingerprint density at radius 2 is 1.83 bits per heavy atom. The molecule has 36 heavy (non-hydrogen) atoms. The topological polar surface area (TPSA) is 83.9 Å². The van der Waals surface area contributed by atoms with Crippen LogP contribution in [0.5, 0.6) is 6.01 Å². The van der Waals surface area contributed by atoms with Crippen LogP contribution in [0.2, 0.25) is 0 Å². The van der Waals surface area contributed by atoms with Crippen molar-refractivity contribution in [2.45, 2.75) is 82.5 Å². The van der Waals surface area contributed by atoms with Gasteiger partial charge in [0.1, 0.15) is 17.7 Å². The summed E-state index contributed by atoms with van der Waals surface area (Å²) in [4.78, 5) is 34.1. The average molecular weight is 560 g/mol. The Bertz CT molecular complexity index is 1150. The van der Waals surface area contributed by atoms with Crippen LogP contribution in [0.3, 0.4) is 0 Å². The van der Waals surface area contributed by atoms with Gasteiger partial charge in [-0.15, -0.1) is 0 Å². The minimum atomic E-state index is -0.506. The molecule has 194 valence electrons. The highest BCUT2D eigenvalue weighted by atomic mass is 79.9. The van der Waals surface area contributed by atoms with Gasteiger partial charge in [0.2, 0.25) is 0 Å². The quantitative estimate of drug-likeness (QED) is 0.546. The Hall–Kier alpha value is -2.20. The van der Waals surface area contributed by atoms with Gasteiger partial charge in [0.15, 0.2) is 5.82 Å². The Balaban J connectivity index is 1.27. The highest BCUT2D eigenvalue weighted by Gasteiger charge is 2.46. The summed E-state index contributed by atoms with van der Waals surface area (Å²) in [5.74, 6) is 0.787. The first-order valence-corrected chi connectivity index (χ1v) is 14.0. The van der Waals surface area contributed by atoms with E-state index in [-0.39, 0.29) is 23.7 Å². The molecule has 2 aromatic rings. The number of amides is 1. The van der Waals surface area contributed by atoms with E-state index in [4.69, 9.17) is 19.4 Å². The minimum absolute atomic E-state index is 0.0906. The molecule has 0 unspecified atom stereocenters. The summed E-state index contributed by atoms with van der Waals surface area (Å²) in [6.07, 6.45) is 8.31. The maximum Gasteiger partial charge on any atom is 0.410 e. The number of rotatable bonds is 4. The van der Waals surface area contributed by atoms with E-state index in [1.807, 2.05) is 31.7 Å². The number of ether oxygens (including phenoxy) is 2. The summed E-state index contributed by atoms with van der Waals surface area (Å²) in [6, 6.07) is 2.56. The molecular formula is C26H35BrN6O3. The molecule has 0 spiro atoms. The van der Waals surface area contributed by atoms with Crippen LogP contribution >= 0.6 is 15.9 Å². The first kappa shape index (κ1) is 24.2. The van der Waals surface area contributed by atoms with Crippen molar-refractivity contribution in [1.82, 2.24) is 24.8 Å². The summed E-state index contributed by atoms with van der Waals surface area (Å²) < 4.78 is 12.9. The van der Waals surface area contributed by atoms with E-state index < -0.39 is 5.60 Å². The number of carbonyl (C=O) groups is 1.